The summed E-state index contributed by atoms with van der Waals surface area (Å²) in [5.41, 5.74) is 5.39. The molecule has 1 fully saturated rings. The molecule has 122 valence electrons. The lowest BCUT2D eigenvalue weighted by Gasteiger charge is -2.34. The summed E-state index contributed by atoms with van der Waals surface area (Å²) in [5.74, 6) is -1.57. The molecule has 0 spiro atoms. The second kappa shape index (κ2) is 8.33. The van der Waals surface area contributed by atoms with Gasteiger partial charge in [-0.3, -0.25) is 9.59 Å². The first-order chi connectivity index (χ1) is 9.85. The average Bonchev–Trinajstić information content (AvgIpc) is 2.36. The number of hydrogen-bond donors (Lipinski definition) is 2. The van der Waals surface area contributed by atoms with Crippen LogP contribution in [0.2, 0.25) is 0 Å². The van der Waals surface area contributed by atoms with Gasteiger partial charge in [0.25, 0.3) is 0 Å². The number of aliphatic carboxylic acids is 1. The molecule has 1 heterocycles. The number of sulfone groups is 1. The average molecular weight is 320 g/mol. The Kier molecular flexibility index (Phi) is 7.10. The van der Waals surface area contributed by atoms with Crippen LogP contribution < -0.4 is 5.73 Å². The predicted octanol–water partition coefficient (Wildman–Crippen LogP) is -0.00410. The van der Waals surface area contributed by atoms with Gasteiger partial charge in [0.05, 0.1) is 24.0 Å². The molecule has 0 bridgehead atoms. The molecule has 1 aliphatic rings. The van der Waals surface area contributed by atoms with E-state index < -0.39 is 21.8 Å². The predicted molar refractivity (Wildman–Crippen MR) is 78.5 cm³/mol. The number of amides is 1. The Labute approximate surface area is 125 Å². The molecule has 8 heteroatoms. The van der Waals surface area contributed by atoms with Crippen molar-refractivity contribution in [1.82, 2.24) is 4.90 Å². The highest BCUT2D eigenvalue weighted by Crippen LogP contribution is 2.17. The first-order valence-electron chi connectivity index (χ1n) is 7.27. The zero-order valence-electron chi connectivity index (χ0n) is 12.2. The van der Waals surface area contributed by atoms with Crippen molar-refractivity contribution >= 4 is 21.7 Å². The Hall–Kier alpha value is -1.15. The molecule has 0 aromatic carbocycles. The lowest BCUT2D eigenvalue weighted by Crippen LogP contribution is -2.51. The maximum Gasteiger partial charge on any atom is 0.305 e. The van der Waals surface area contributed by atoms with E-state index in [2.05, 4.69) is 0 Å². The summed E-state index contributed by atoms with van der Waals surface area (Å²) >= 11 is 0. The van der Waals surface area contributed by atoms with Gasteiger partial charge in [-0.25, -0.2) is 8.42 Å². The first kappa shape index (κ1) is 17.9. The van der Waals surface area contributed by atoms with Crippen LogP contribution in [0.1, 0.15) is 38.5 Å². The van der Waals surface area contributed by atoms with E-state index in [1.807, 2.05) is 0 Å². The molecule has 1 atom stereocenters. The Morgan fingerprint density at radius 2 is 1.86 bits per heavy atom. The van der Waals surface area contributed by atoms with Gasteiger partial charge in [0.1, 0.15) is 0 Å². The number of carboxylic acids is 1. The van der Waals surface area contributed by atoms with E-state index >= 15 is 0 Å². The van der Waals surface area contributed by atoms with Gasteiger partial charge >= 0.3 is 5.97 Å². The van der Waals surface area contributed by atoms with Gasteiger partial charge in [-0.15, -0.1) is 0 Å². The fourth-order valence-electron chi connectivity index (χ4n) is 2.50. The van der Waals surface area contributed by atoms with Crippen LogP contribution in [0.4, 0.5) is 0 Å². The molecule has 0 aromatic rings. The summed E-state index contributed by atoms with van der Waals surface area (Å²) in [4.78, 5) is 24.4. The summed E-state index contributed by atoms with van der Waals surface area (Å²) in [5, 5.41) is 8.86. The molecule has 7 nitrogen and oxygen atoms in total. The molecule has 1 saturated heterocycles. The Bertz CT molecular complexity index is 463. The van der Waals surface area contributed by atoms with Gasteiger partial charge in [-0.05, 0) is 19.4 Å². The lowest BCUT2D eigenvalue weighted by atomic mass is 10.1. The van der Waals surface area contributed by atoms with Gasteiger partial charge in [0, 0.05) is 13.0 Å². The Morgan fingerprint density at radius 1 is 1.19 bits per heavy atom. The number of carbonyl (C=O) groups excluding carboxylic acids is 1. The fraction of sp³-hybridized carbons (Fsp3) is 0.846. The number of unbranched alkanes of at least 4 members (excludes halogenated alkanes) is 3. The van der Waals surface area contributed by atoms with E-state index in [0.717, 1.165) is 25.7 Å². The van der Waals surface area contributed by atoms with Crippen molar-refractivity contribution < 1.29 is 23.1 Å². The minimum absolute atomic E-state index is 0.0813. The zero-order chi connectivity index (χ0) is 15.9. The molecule has 0 aromatic heterocycles. The maximum atomic E-state index is 12.1. The van der Waals surface area contributed by atoms with Crippen molar-refractivity contribution in [2.75, 3.05) is 24.6 Å². The molecule has 1 rings (SSSR count). The van der Waals surface area contributed by atoms with Crippen molar-refractivity contribution in [2.45, 2.75) is 44.6 Å². The van der Waals surface area contributed by atoms with Gasteiger partial charge in [-0.1, -0.05) is 12.8 Å². The van der Waals surface area contributed by atoms with Crippen molar-refractivity contribution in [3.8, 4) is 0 Å². The van der Waals surface area contributed by atoms with E-state index in [4.69, 9.17) is 10.8 Å². The Morgan fingerprint density at radius 3 is 2.48 bits per heavy atom. The van der Waals surface area contributed by atoms with Gasteiger partial charge in [-0.2, -0.15) is 0 Å². The van der Waals surface area contributed by atoms with Crippen molar-refractivity contribution in [3.05, 3.63) is 0 Å². The zero-order valence-corrected chi connectivity index (χ0v) is 13.0. The monoisotopic (exact) mass is 320 g/mol. The summed E-state index contributed by atoms with van der Waals surface area (Å²) < 4.78 is 23.2. The van der Waals surface area contributed by atoms with Crippen LogP contribution in [0.3, 0.4) is 0 Å². The van der Waals surface area contributed by atoms with Crippen LogP contribution in [0.15, 0.2) is 0 Å². The van der Waals surface area contributed by atoms with Crippen molar-refractivity contribution in [1.29, 1.82) is 0 Å². The molecular weight excluding hydrogens is 296 g/mol. The first-order valence-corrected chi connectivity index (χ1v) is 9.09. The molecular formula is C13H24N2O5S. The van der Waals surface area contributed by atoms with Gasteiger partial charge < -0.3 is 15.7 Å². The molecule has 1 unspecified atom stereocenters. The highest BCUT2D eigenvalue weighted by Gasteiger charge is 2.34. The fourth-order valence-corrected chi connectivity index (χ4v) is 4.03. The SMILES string of the molecule is NCCCCCCC(=O)N1CCS(=O)(=O)CC1CC(=O)O. The van der Waals surface area contributed by atoms with E-state index in [1.165, 1.54) is 4.90 Å². The minimum atomic E-state index is -3.25. The van der Waals surface area contributed by atoms with Crippen LogP contribution in [0, 0.1) is 0 Å². The molecule has 1 aliphatic heterocycles. The maximum absolute atomic E-state index is 12.1. The van der Waals surface area contributed by atoms with Crippen LogP contribution >= 0.6 is 0 Å². The second-order valence-corrected chi connectivity index (χ2v) is 7.63. The molecule has 21 heavy (non-hydrogen) atoms. The van der Waals surface area contributed by atoms with E-state index in [9.17, 15) is 18.0 Å². The Balaban J connectivity index is 2.52. The topological polar surface area (TPSA) is 118 Å². The van der Waals surface area contributed by atoms with Crippen molar-refractivity contribution in [2.24, 2.45) is 5.73 Å². The molecule has 3 N–H and O–H groups in total. The van der Waals surface area contributed by atoms with E-state index in [-0.39, 0.29) is 30.4 Å². The smallest absolute Gasteiger partial charge is 0.305 e. The highest BCUT2D eigenvalue weighted by molar-refractivity contribution is 7.91. The van der Waals surface area contributed by atoms with E-state index in [0.29, 0.717) is 13.0 Å². The summed E-state index contributed by atoms with van der Waals surface area (Å²) in [7, 11) is -3.25. The number of rotatable bonds is 8. The normalized spacial score (nSPS) is 21.2. The molecule has 0 aliphatic carbocycles. The number of nitrogens with zero attached hydrogens (tertiary/aromatic N) is 1. The summed E-state index contributed by atoms with van der Waals surface area (Å²) in [6.07, 6.45) is 3.54. The highest BCUT2D eigenvalue weighted by atomic mass is 32.2. The third-order valence-corrected chi connectivity index (χ3v) is 5.30. The van der Waals surface area contributed by atoms with Crippen LogP contribution in [-0.2, 0) is 19.4 Å². The molecule has 0 saturated carbocycles. The van der Waals surface area contributed by atoms with Crippen LogP contribution in [-0.4, -0.2) is 60.9 Å². The largest absolute Gasteiger partial charge is 0.481 e. The number of carbonyl (C=O) groups is 2. The van der Waals surface area contributed by atoms with Gasteiger partial charge in [0.15, 0.2) is 9.84 Å². The third-order valence-electron chi connectivity index (χ3n) is 3.61. The third kappa shape index (κ3) is 6.43. The van der Waals surface area contributed by atoms with Crippen LogP contribution in [0.25, 0.3) is 0 Å². The quantitative estimate of drug-likeness (QED) is 0.608. The minimum Gasteiger partial charge on any atom is -0.481 e. The number of hydrogen-bond acceptors (Lipinski definition) is 5. The van der Waals surface area contributed by atoms with E-state index in [1.54, 1.807) is 0 Å². The number of carboxylic acid groups (broad SMARTS) is 1. The molecule has 0 radical (unpaired) electrons. The second-order valence-electron chi connectivity index (χ2n) is 5.41. The number of nitrogens with two attached hydrogens (primary N) is 1. The summed E-state index contributed by atoms with van der Waals surface area (Å²) in [6, 6.07) is -0.738. The standard InChI is InChI=1S/C13H24N2O5S/c14-6-4-2-1-3-5-12(16)15-7-8-21(19,20)10-11(15)9-13(17)18/h11H,1-10,14H2,(H,17,18). The molecule has 1 amide bonds. The van der Waals surface area contributed by atoms with Crippen LogP contribution in [0.5, 0.6) is 0 Å². The summed E-state index contributed by atoms with van der Waals surface area (Å²) in [6.45, 7) is 0.737. The van der Waals surface area contributed by atoms with Gasteiger partial charge in [0.2, 0.25) is 5.91 Å². The lowest BCUT2D eigenvalue weighted by molar-refractivity contribution is -0.140. The van der Waals surface area contributed by atoms with Crippen molar-refractivity contribution in [3.63, 3.8) is 0 Å².